The molecule has 24 heavy (non-hydrogen) atoms. The Hall–Kier alpha value is -2.72. The van der Waals surface area contributed by atoms with Gasteiger partial charge >= 0.3 is 0 Å². The molecule has 1 aliphatic rings. The van der Waals surface area contributed by atoms with Crippen LogP contribution < -0.4 is 10.2 Å². The number of hydrogen-bond donors (Lipinski definition) is 1. The van der Waals surface area contributed by atoms with Gasteiger partial charge in [-0.1, -0.05) is 0 Å². The summed E-state index contributed by atoms with van der Waals surface area (Å²) in [7, 11) is 0. The van der Waals surface area contributed by atoms with Crippen molar-refractivity contribution in [3.8, 4) is 6.07 Å². The number of thiophene rings is 1. The zero-order valence-corrected chi connectivity index (χ0v) is 13.8. The average molecular weight is 336 g/mol. The van der Waals surface area contributed by atoms with E-state index in [2.05, 4.69) is 42.7 Å². The summed E-state index contributed by atoms with van der Waals surface area (Å²) >= 11 is 1.65. The molecule has 0 aliphatic carbocycles. The van der Waals surface area contributed by atoms with Crippen LogP contribution in [0.15, 0.2) is 36.1 Å². The Balaban J connectivity index is 1.39. The molecule has 3 aromatic rings. The molecule has 0 amide bonds. The zero-order valence-electron chi connectivity index (χ0n) is 13.0. The fourth-order valence-electron chi connectivity index (χ4n) is 3.03. The third-order valence-electron chi connectivity index (χ3n) is 4.29. The van der Waals surface area contributed by atoms with Gasteiger partial charge in [-0.15, -0.1) is 11.3 Å². The number of anilines is 2. The van der Waals surface area contributed by atoms with E-state index in [0.717, 1.165) is 47.9 Å². The Labute approximate surface area is 143 Å². The molecule has 1 aliphatic heterocycles. The minimum Gasteiger partial charge on any atom is -0.370 e. The molecular formula is C17H16N6S. The molecule has 4 heterocycles. The standard InChI is InChI=1S/C17H16N6S/c18-7-12-1-2-15(19-8-12)20-9-13-3-5-23(10-13)16-14-4-6-24-17(14)22-11-21-16/h1-2,4,6,8,11,13H,3,5,9-10H2,(H,19,20). The predicted octanol–water partition coefficient (Wildman–Crippen LogP) is 2.90. The minimum atomic E-state index is 0.547. The van der Waals surface area contributed by atoms with E-state index in [1.807, 2.05) is 6.07 Å². The summed E-state index contributed by atoms with van der Waals surface area (Å²) < 4.78 is 0. The summed E-state index contributed by atoms with van der Waals surface area (Å²) in [5, 5.41) is 15.4. The minimum absolute atomic E-state index is 0.547. The highest BCUT2D eigenvalue weighted by atomic mass is 32.1. The second-order valence-corrected chi connectivity index (χ2v) is 6.76. The van der Waals surface area contributed by atoms with E-state index in [0.29, 0.717) is 11.5 Å². The molecule has 1 saturated heterocycles. The van der Waals surface area contributed by atoms with Gasteiger partial charge in [-0.3, -0.25) is 0 Å². The quantitative estimate of drug-likeness (QED) is 0.789. The lowest BCUT2D eigenvalue weighted by atomic mass is 10.1. The normalized spacial score (nSPS) is 17.1. The molecule has 7 heteroatoms. The molecule has 6 nitrogen and oxygen atoms in total. The molecule has 0 radical (unpaired) electrons. The Morgan fingerprint density at radius 2 is 2.25 bits per heavy atom. The Morgan fingerprint density at radius 1 is 1.29 bits per heavy atom. The maximum absolute atomic E-state index is 8.80. The number of nitriles is 1. The Bertz CT molecular complexity index is 882. The predicted molar refractivity (Wildman–Crippen MR) is 95.2 cm³/mol. The molecular weight excluding hydrogens is 320 g/mol. The molecule has 0 saturated carbocycles. The monoisotopic (exact) mass is 336 g/mol. The topological polar surface area (TPSA) is 77.7 Å². The van der Waals surface area contributed by atoms with Gasteiger partial charge in [0.2, 0.25) is 0 Å². The summed E-state index contributed by atoms with van der Waals surface area (Å²) in [4.78, 5) is 16.5. The van der Waals surface area contributed by atoms with Gasteiger partial charge in [0.05, 0.1) is 10.9 Å². The van der Waals surface area contributed by atoms with Gasteiger partial charge in [0.25, 0.3) is 0 Å². The molecule has 1 fully saturated rings. The van der Waals surface area contributed by atoms with E-state index < -0.39 is 0 Å². The van der Waals surface area contributed by atoms with E-state index in [1.54, 1.807) is 29.9 Å². The molecule has 0 bridgehead atoms. The maximum Gasteiger partial charge on any atom is 0.140 e. The van der Waals surface area contributed by atoms with Crippen LogP contribution in [-0.4, -0.2) is 34.6 Å². The number of pyridine rings is 1. The summed E-state index contributed by atoms with van der Waals surface area (Å²) in [6.45, 7) is 2.85. The van der Waals surface area contributed by atoms with Gasteiger partial charge in [0, 0.05) is 25.8 Å². The molecule has 120 valence electrons. The first kappa shape index (κ1) is 14.8. The first-order valence-corrected chi connectivity index (χ1v) is 8.74. The van der Waals surface area contributed by atoms with Crippen LogP contribution in [-0.2, 0) is 0 Å². The van der Waals surface area contributed by atoms with Crippen molar-refractivity contribution in [2.45, 2.75) is 6.42 Å². The van der Waals surface area contributed by atoms with Gasteiger partial charge in [-0.05, 0) is 35.9 Å². The summed E-state index contributed by atoms with van der Waals surface area (Å²) in [5.74, 6) is 2.40. The zero-order chi connectivity index (χ0) is 16.4. The number of hydrogen-bond acceptors (Lipinski definition) is 7. The van der Waals surface area contributed by atoms with E-state index in [-0.39, 0.29) is 0 Å². The number of nitrogens with one attached hydrogen (secondary N) is 1. The third kappa shape index (κ3) is 2.88. The van der Waals surface area contributed by atoms with Crippen molar-refractivity contribution in [2.75, 3.05) is 29.9 Å². The summed E-state index contributed by atoms with van der Waals surface area (Å²) in [5.41, 5.74) is 0.580. The Morgan fingerprint density at radius 3 is 3.08 bits per heavy atom. The van der Waals surface area contributed by atoms with Crippen LogP contribution in [0, 0.1) is 17.2 Å². The maximum atomic E-state index is 8.80. The van der Waals surface area contributed by atoms with Crippen LogP contribution in [0.3, 0.4) is 0 Å². The number of fused-ring (bicyclic) bond motifs is 1. The molecule has 1 atom stereocenters. The van der Waals surface area contributed by atoms with Gasteiger partial charge in [-0.2, -0.15) is 5.26 Å². The second kappa shape index (κ2) is 6.42. The lowest BCUT2D eigenvalue weighted by molar-refractivity contribution is 0.621. The van der Waals surface area contributed by atoms with E-state index in [9.17, 15) is 0 Å². The molecule has 3 aromatic heterocycles. The van der Waals surface area contributed by atoms with Crippen LogP contribution in [0.5, 0.6) is 0 Å². The molecule has 4 rings (SSSR count). The van der Waals surface area contributed by atoms with Crippen molar-refractivity contribution in [3.05, 3.63) is 41.7 Å². The van der Waals surface area contributed by atoms with Crippen molar-refractivity contribution in [1.29, 1.82) is 5.26 Å². The van der Waals surface area contributed by atoms with Crippen molar-refractivity contribution in [1.82, 2.24) is 15.0 Å². The SMILES string of the molecule is N#Cc1ccc(NCC2CCN(c3ncnc4sccc34)C2)nc1. The lowest BCUT2D eigenvalue weighted by Crippen LogP contribution is -2.23. The number of rotatable bonds is 4. The summed E-state index contributed by atoms with van der Waals surface area (Å²) in [6, 6.07) is 7.81. The smallest absolute Gasteiger partial charge is 0.140 e. The third-order valence-corrected chi connectivity index (χ3v) is 5.11. The fourth-order valence-corrected chi connectivity index (χ4v) is 3.76. The van der Waals surface area contributed by atoms with Gasteiger partial charge in [-0.25, -0.2) is 15.0 Å². The highest BCUT2D eigenvalue weighted by Crippen LogP contribution is 2.30. The molecule has 1 unspecified atom stereocenters. The van der Waals surface area contributed by atoms with Crippen LogP contribution in [0.25, 0.3) is 10.2 Å². The first-order valence-electron chi connectivity index (χ1n) is 7.86. The van der Waals surface area contributed by atoms with Gasteiger partial charge in [0.1, 0.15) is 28.9 Å². The first-order chi connectivity index (χ1) is 11.8. The van der Waals surface area contributed by atoms with Crippen molar-refractivity contribution in [3.63, 3.8) is 0 Å². The van der Waals surface area contributed by atoms with Crippen LogP contribution in [0.1, 0.15) is 12.0 Å². The van der Waals surface area contributed by atoms with Crippen molar-refractivity contribution >= 4 is 33.2 Å². The van der Waals surface area contributed by atoms with Crippen LogP contribution in [0.2, 0.25) is 0 Å². The van der Waals surface area contributed by atoms with Crippen molar-refractivity contribution in [2.24, 2.45) is 5.92 Å². The van der Waals surface area contributed by atoms with Crippen LogP contribution in [0.4, 0.5) is 11.6 Å². The van der Waals surface area contributed by atoms with Gasteiger partial charge in [0.15, 0.2) is 0 Å². The fraction of sp³-hybridized carbons (Fsp3) is 0.294. The largest absolute Gasteiger partial charge is 0.370 e. The van der Waals surface area contributed by atoms with E-state index in [1.165, 1.54) is 0 Å². The number of aromatic nitrogens is 3. The van der Waals surface area contributed by atoms with Crippen LogP contribution >= 0.6 is 11.3 Å². The highest BCUT2D eigenvalue weighted by molar-refractivity contribution is 7.16. The van der Waals surface area contributed by atoms with E-state index >= 15 is 0 Å². The lowest BCUT2D eigenvalue weighted by Gasteiger charge is -2.18. The van der Waals surface area contributed by atoms with Crippen molar-refractivity contribution < 1.29 is 0 Å². The van der Waals surface area contributed by atoms with Gasteiger partial charge < -0.3 is 10.2 Å². The average Bonchev–Trinajstić information content (AvgIpc) is 3.29. The number of nitrogens with zero attached hydrogens (tertiary/aromatic N) is 5. The molecule has 1 N–H and O–H groups in total. The second-order valence-electron chi connectivity index (χ2n) is 5.86. The highest BCUT2D eigenvalue weighted by Gasteiger charge is 2.25. The molecule has 0 aromatic carbocycles. The Kier molecular flexibility index (Phi) is 3.97. The molecule has 0 spiro atoms. The van der Waals surface area contributed by atoms with E-state index in [4.69, 9.17) is 5.26 Å². The summed E-state index contributed by atoms with van der Waals surface area (Å²) in [6.07, 6.45) is 4.37.